The number of hydrogen-bond donors (Lipinski definition) is 1. The molecule has 1 aromatic rings. The van der Waals surface area contributed by atoms with Gasteiger partial charge in [-0.3, -0.25) is 9.59 Å². The van der Waals surface area contributed by atoms with E-state index in [1.165, 1.54) is 4.90 Å². The summed E-state index contributed by atoms with van der Waals surface area (Å²) >= 11 is 0. The number of hydrogen-bond acceptors (Lipinski definition) is 5. The Morgan fingerprint density at radius 2 is 1.34 bits per heavy atom. The number of nitrogens with zero attached hydrogens (tertiary/aromatic N) is 1. The number of benzene rings is 1. The molecule has 1 rings (SSSR count). The van der Waals surface area contributed by atoms with E-state index in [0.29, 0.717) is 19.4 Å². The first-order valence-electron chi connectivity index (χ1n) is 11.3. The number of anilines is 1. The number of unbranched alkanes of at least 4 members (excludes halogenated alkanes) is 3. The zero-order chi connectivity index (χ0) is 24.4. The number of amides is 2. The fourth-order valence-electron chi connectivity index (χ4n) is 2.90. The van der Waals surface area contributed by atoms with Crippen LogP contribution in [0.25, 0.3) is 0 Å². The van der Waals surface area contributed by atoms with E-state index < -0.39 is 11.2 Å². The quantitative estimate of drug-likeness (QED) is 0.368. The van der Waals surface area contributed by atoms with E-state index in [4.69, 9.17) is 9.47 Å². The highest BCUT2D eigenvalue weighted by molar-refractivity contribution is 5.90. The second-order valence-electron chi connectivity index (χ2n) is 10.1. The van der Waals surface area contributed by atoms with Crippen LogP contribution in [0.3, 0.4) is 0 Å². The predicted octanol–water partition coefficient (Wildman–Crippen LogP) is 5.67. The van der Waals surface area contributed by atoms with E-state index in [-0.39, 0.29) is 18.0 Å². The van der Waals surface area contributed by atoms with Crippen LogP contribution in [-0.2, 0) is 25.6 Å². The van der Waals surface area contributed by atoms with Crippen molar-refractivity contribution < 1.29 is 23.9 Å². The van der Waals surface area contributed by atoms with Crippen LogP contribution < -0.4 is 5.32 Å². The van der Waals surface area contributed by atoms with Gasteiger partial charge in [-0.15, -0.1) is 0 Å². The van der Waals surface area contributed by atoms with Gasteiger partial charge >= 0.3 is 12.1 Å². The van der Waals surface area contributed by atoms with Gasteiger partial charge in [0.15, 0.2) is 0 Å². The van der Waals surface area contributed by atoms with Crippen molar-refractivity contribution in [2.24, 2.45) is 0 Å². The molecule has 7 nitrogen and oxygen atoms in total. The number of esters is 1. The Morgan fingerprint density at radius 1 is 0.812 bits per heavy atom. The van der Waals surface area contributed by atoms with E-state index in [1.54, 1.807) is 7.05 Å². The first-order chi connectivity index (χ1) is 14.7. The van der Waals surface area contributed by atoms with Gasteiger partial charge in [-0.05, 0) is 72.1 Å². The summed E-state index contributed by atoms with van der Waals surface area (Å²) in [5, 5.41) is 2.89. The van der Waals surface area contributed by atoms with Crippen molar-refractivity contribution in [1.82, 2.24) is 4.90 Å². The minimum absolute atomic E-state index is 0.0317. The Bertz CT molecular complexity index is 745. The summed E-state index contributed by atoms with van der Waals surface area (Å²) in [4.78, 5) is 37.4. The summed E-state index contributed by atoms with van der Waals surface area (Å²) in [5.74, 6) is -0.202. The lowest BCUT2D eigenvalue weighted by Gasteiger charge is -2.24. The van der Waals surface area contributed by atoms with Crippen LogP contribution in [0.15, 0.2) is 24.3 Å². The fraction of sp³-hybridized carbons (Fsp3) is 0.640. The van der Waals surface area contributed by atoms with Crippen LogP contribution in [0.2, 0.25) is 0 Å². The molecular formula is C25H40N2O5. The molecule has 0 unspecified atom stereocenters. The van der Waals surface area contributed by atoms with Gasteiger partial charge in [-0.2, -0.15) is 0 Å². The number of rotatable bonds is 10. The molecule has 0 aliphatic heterocycles. The summed E-state index contributed by atoms with van der Waals surface area (Å²) in [6.07, 6.45) is 3.82. The van der Waals surface area contributed by atoms with Gasteiger partial charge in [-0.25, -0.2) is 4.79 Å². The largest absolute Gasteiger partial charge is 0.460 e. The molecule has 0 fully saturated rings. The van der Waals surface area contributed by atoms with Gasteiger partial charge in [-0.1, -0.05) is 25.0 Å². The van der Waals surface area contributed by atoms with Gasteiger partial charge in [0.1, 0.15) is 11.2 Å². The molecule has 0 aliphatic rings. The Hall–Kier alpha value is -2.57. The maximum Gasteiger partial charge on any atom is 0.410 e. The van der Waals surface area contributed by atoms with Crippen molar-refractivity contribution in [3.05, 3.63) is 29.8 Å². The Balaban J connectivity index is 2.27. The van der Waals surface area contributed by atoms with E-state index in [0.717, 1.165) is 36.9 Å². The third-order valence-electron chi connectivity index (χ3n) is 4.32. The summed E-state index contributed by atoms with van der Waals surface area (Å²) in [6.45, 7) is 11.5. The zero-order valence-corrected chi connectivity index (χ0v) is 20.7. The van der Waals surface area contributed by atoms with Crippen LogP contribution in [0.5, 0.6) is 0 Å². The first-order valence-corrected chi connectivity index (χ1v) is 11.3. The van der Waals surface area contributed by atoms with Gasteiger partial charge in [0.05, 0.1) is 0 Å². The molecule has 32 heavy (non-hydrogen) atoms. The minimum Gasteiger partial charge on any atom is -0.460 e. The smallest absolute Gasteiger partial charge is 0.410 e. The third kappa shape index (κ3) is 13.0. The van der Waals surface area contributed by atoms with Crippen molar-refractivity contribution in [3.63, 3.8) is 0 Å². The zero-order valence-electron chi connectivity index (χ0n) is 20.7. The Morgan fingerprint density at radius 3 is 1.88 bits per heavy atom. The van der Waals surface area contributed by atoms with Crippen LogP contribution in [-0.4, -0.2) is 41.1 Å². The van der Waals surface area contributed by atoms with Crippen LogP contribution in [0.4, 0.5) is 10.5 Å². The number of carbonyl (C=O) groups excluding carboxylic acids is 3. The fourth-order valence-corrected chi connectivity index (χ4v) is 2.90. The summed E-state index contributed by atoms with van der Waals surface area (Å²) < 4.78 is 10.6. The molecule has 0 saturated carbocycles. The monoisotopic (exact) mass is 448 g/mol. The van der Waals surface area contributed by atoms with Crippen molar-refractivity contribution in [3.8, 4) is 0 Å². The molecule has 180 valence electrons. The molecule has 0 aromatic heterocycles. The second-order valence-corrected chi connectivity index (χ2v) is 10.1. The summed E-state index contributed by atoms with van der Waals surface area (Å²) in [5.41, 5.74) is 0.698. The highest BCUT2D eigenvalue weighted by Crippen LogP contribution is 2.15. The van der Waals surface area contributed by atoms with Gasteiger partial charge in [0.2, 0.25) is 5.91 Å². The van der Waals surface area contributed by atoms with Crippen LogP contribution in [0.1, 0.15) is 85.6 Å². The molecule has 0 bridgehead atoms. The first kappa shape index (κ1) is 27.5. The number of ether oxygens (including phenoxy) is 2. The molecule has 2 amide bonds. The van der Waals surface area contributed by atoms with E-state index >= 15 is 0 Å². The SMILES string of the molecule is CN(Cc1ccc(NC(=O)CCCCCCC(=O)OC(C)(C)C)cc1)C(=O)OC(C)(C)C. The normalized spacial score (nSPS) is 11.6. The molecule has 0 saturated heterocycles. The molecule has 0 radical (unpaired) electrons. The highest BCUT2D eigenvalue weighted by atomic mass is 16.6. The van der Waals surface area contributed by atoms with Gasteiger partial charge < -0.3 is 19.7 Å². The van der Waals surface area contributed by atoms with E-state index in [2.05, 4.69) is 5.32 Å². The standard InChI is InChI=1S/C25H40N2O5/c1-24(2,3)31-22(29)13-11-9-8-10-12-21(28)26-20-16-14-19(15-17-20)18-27(7)23(30)32-25(4,5)6/h14-17H,8-13,18H2,1-7H3,(H,26,28). The van der Waals surface area contributed by atoms with Gasteiger partial charge in [0.25, 0.3) is 0 Å². The average molecular weight is 449 g/mol. The van der Waals surface area contributed by atoms with Crippen LogP contribution in [0, 0.1) is 0 Å². The molecule has 0 spiro atoms. The third-order valence-corrected chi connectivity index (χ3v) is 4.32. The van der Waals surface area contributed by atoms with Crippen molar-refractivity contribution in [1.29, 1.82) is 0 Å². The topological polar surface area (TPSA) is 84.9 Å². The molecular weight excluding hydrogens is 408 g/mol. The lowest BCUT2D eigenvalue weighted by molar-refractivity contribution is -0.154. The minimum atomic E-state index is -0.530. The molecule has 0 aliphatic carbocycles. The van der Waals surface area contributed by atoms with Crippen molar-refractivity contribution in [2.45, 2.75) is 97.8 Å². The number of nitrogens with one attached hydrogen (secondary N) is 1. The summed E-state index contributed by atoms with van der Waals surface area (Å²) in [6, 6.07) is 7.42. The lowest BCUT2D eigenvalue weighted by atomic mass is 10.1. The average Bonchev–Trinajstić information content (AvgIpc) is 2.63. The maximum absolute atomic E-state index is 12.1. The molecule has 1 aromatic carbocycles. The van der Waals surface area contributed by atoms with Gasteiger partial charge in [0, 0.05) is 32.1 Å². The lowest BCUT2D eigenvalue weighted by Crippen LogP contribution is -2.33. The molecule has 1 N–H and O–H groups in total. The molecule has 0 atom stereocenters. The Labute approximate surface area is 192 Å². The summed E-state index contributed by atoms with van der Waals surface area (Å²) in [7, 11) is 1.69. The van der Waals surface area contributed by atoms with Crippen LogP contribution >= 0.6 is 0 Å². The molecule has 0 heterocycles. The maximum atomic E-state index is 12.1. The second kappa shape index (κ2) is 12.5. The van der Waals surface area contributed by atoms with E-state index in [1.807, 2.05) is 65.8 Å². The highest BCUT2D eigenvalue weighted by Gasteiger charge is 2.19. The number of carbonyl (C=O) groups is 3. The van der Waals surface area contributed by atoms with E-state index in [9.17, 15) is 14.4 Å². The Kier molecular flexibility index (Phi) is 10.7. The predicted molar refractivity (Wildman–Crippen MR) is 126 cm³/mol. The molecule has 7 heteroatoms. The van der Waals surface area contributed by atoms with Crippen molar-refractivity contribution in [2.75, 3.05) is 12.4 Å². The van der Waals surface area contributed by atoms with Crippen molar-refractivity contribution >= 4 is 23.7 Å².